The Morgan fingerprint density at radius 2 is 2.19 bits per heavy atom. The van der Waals surface area contributed by atoms with Crippen LogP contribution in [0.5, 0.6) is 0 Å². The molecule has 3 N–H and O–H groups in total. The lowest BCUT2D eigenvalue weighted by atomic mass is 10.1. The number of rotatable bonds is 5. The number of aliphatic hydroxyl groups is 1. The van der Waals surface area contributed by atoms with Crippen LogP contribution >= 0.6 is 0 Å². The number of aromatic nitrogens is 1. The van der Waals surface area contributed by atoms with Gasteiger partial charge in [0.05, 0.1) is 11.3 Å². The highest BCUT2D eigenvalue weighted by Crippen LogP contribution is 2.08. The van der Waals surface area contributed by atoms with Crippen LogP contribution < -0.4 is 5.73 Å². The second-order valence-electron chi connectivity index (χ2n) is 4.84. The van der Waals surface area contributed by atoms with E-state index in [4.69, 9.17) is 5.73 Å². The number of nitrogens with two attached hydrogens (primary N) is 1. The van der Waals surface area contributed by atoms with Gasteiger partial charge in [0.1, 0.15) is 0 Å². The summed E-state index contributed by atoms with van der Waals surface area (Å²) in [5, 5.41) is 9.69. The molecule has 0 amide bonds. The van der Waals surface area contributed by atoms with Crippen LogP contribution in [0.3, 0.4) is 0 Å². The van der Waals surface area contributed by atoms with Gasteiger partial charge in [-0.05, 0) is 38.6 Å². The van der Waals surface area contributed by atoms with Gasteiger partial charge in [0, 0.05) is 25.8 Å². The molecule has 0 unspecified atom stereocenters. The van der Waals surface area contributed by atoms with E-state index in [0.29, 0.717) is 13.1 Å². The summed E-state index contributed by atoms with van der Waals surface area (Å²) in [7, 11) is 1.99. The van der Waals surface area contributed by atoms with E-state index in [1.165, 1.54) is 5.56 Å². The van der Waals surface area contributed by atoms with Crippen LogP contribution in [0.15, 0.2) is 18.3 Å². The number of hydrogen-bond donors (Lipinski definition) is 2. The molecule has 0 aliphatic heterocycles. The highest BCUT2D eigenvalue weighted by molar-refractivity contribution is 5.16. The Labute approximate surface area is 97.1 Å². The van der Waals surface area contributed by atoms with Gasteiger partial charge in [-0.3, -0.25) is 9.88 Å². The highest BCUT2D eigenvalue weighted by Gasteiger charge is 2.15. The summed E-state index contributed by atoms with van der Waals surface area (Å²) in [6.45, 7) is 5.50. The molecule has 0 radical (unpaired) electrons. The second kappa shape index (κ2) is 5.39. The van der Waals surface area contributed by atoms with E-state index in [1.54, 1.807) is 20.0 Å². The van der Waals surface area contributed by atoms with E-state index < -0.39 is 5.60 Å². The van der Waals surface area contributed by atoms with Gasteiger partial charge >= 0.3 is 0 Å². The Kier molecular flexibility index (Phi) is 4.41. The normalized spacial score (nSPS) is 12.1. The lowest BCUT2D eigenvalue weighted by Crippen LogP contribution is -2.35. The highest BCUT2D eigenvalue weighted by atomic mass is 16.3. The van der Waals surface area contributed by atoms with Crippen molar-refractivity contribution in [2.24, 2.45) is 5.73 Å². The average molecular weight is 223 g/mol. The number of pyridine rings is 1. The van der Waals surface area contributed by atoms with E-state index >= 15 is 0 Å². The van der Waals surface area contributed by atoms with Crippen LogP contribution in [0.25, 0.3) is 0 Å². The summed E-state index contributed by atoms with van der Waals surface area (Å²) in [6, 6.07) is 3.97. The van der Waals surface area contributed by atoms with Crippen molar-refractivity contribution in [2.45, 2.75) is 32.5 Å². The fourth-order valence-electron chi connectivity index (χ4n) is 1.77. The van der Waals surface area contributed by atoms with Crippen molar-refractivity contribution in [3.63, 3.8) is 0 Å². The summed E-state index contributed by atoms with van der Waals surface area (Å²) < 4.78 is 0. The Balaban J connectivity index is 2.59. The molecule has 0 bridgehead atoms. The van der Waals surface area contributed by atoms with Crippen LogP contribution in [0.1, 0.15) is 25.1 Å². The van der Waals surface area contributed by atoms with E-state index in [2.05, 4.69) is 9.88 Å². The molecule has 0 aromatic carbocycles. The van der Waals surface area contributed by atoms with E-state index in [1.807, 2.05) is 19.2 Å². The van der Waals surface area contributed by atoms with Gasteiger partial charge in [-0.15, -0.1) is 0 Å². The Hall–Kier alpha value is -0.970. The summed E-state index contributed by atoms with van der Waals surface area (Å²) in [4.78, 5) is 6.23. The molecule has 0 aliphatic carbocycles. The first-order valence-electron chi connectivity index (χ1n) is 5.45. The average Bonchev–Trinajstić information content (AvgIpc) is 2.15. The van der Waals surface area contributed by atoms with Gasteiger partial charge in [0.15, 0.2) is 0 Å². The first-order chi connectivity index (χ1) is 7.40. The molecule has 0 aliphatic rings. The molecular weight excluding hydrogens is 202 g/mol. The minimum atomic E-state index is -0.668. The summed E-state index contributed by atoms with van der Waals surface area (Å²) in [5.41, 5.74) is 6.93. The maximum Gasteiger partial charge on any atom is 0.0718 e. The van der Waals surface area contributed by atoms with E-state index in [-0.39, 0.29) is 0 Å². The monoisotopic (exact) mass is 223 g/mol. The van der Waals surface area contributed by atoms with Crippen molar-refractivity contribution in [3.05, 3.63) is 29.6 Å². The molecule has 0 saturated carbocycles. The molecule has 1 aromatic heterocycles. The third-order valence-electron chi connectivity index (χ3n) is 2.20. The molecule has 0 saturated heterocycles. The third-order valence-corrected chi connectivity index (χ3v) is 2.20. The quantitative estimate of drug-likeness (QED) is 0.773. The minimum absolute atomic E-state index is 0.461. The maximum atomic E-state index is 9.69. The predicted molar refractivity (Wildman–Crippen MR) is 64.8 cm³/mol. The van der Waals surface area contributed by atoms with Gasteiger partial charge in [-0.2, -0.15) is 0 Å². The molecule has 16 heavy (non-hydrogen) atoms. The van der Waals surface area contributed by atoms with Gasteiger partial charge in [0.2, 0.25) is 0 Å². The summed E-state index contributed by atoms with van der Waals surface area (Å²) in [5.74, 6) is 0. The van der Waals surface area contributed by atoms with E-state index in [9.17, 15) is 5.11 Å². The minimum Gasteiger partial charge on any atom is -0.389 e. The molecular formula is C12H21N3O. The van der Waals surface area contributed by atoms with Crippen LogP contribution in [0, 0.1) is 0 Å². The standard InChI is InChI=1S/C12H21N3O/c1-12(2,16)9-15(3)8-10-4-5-14-11(6-10)7-13/h4-6,16H,7-9,13H2,1-3H3. The van der Waals surface area contributed by atoms with Crippen LogP contribution in [0.2, 0.25) is 0 Å². The molecule has 1 aromatic rings. The zero-order chi connectivity index (χ0) is 12.2. The fourth-order valence-corrected chi connectivity index (χ4v) is 1.77. The third kappa shape index (κ3) is 4.70. The number of likely N-dealkylation sites (N-methyl/N-ethyl adjacent to an activating group) is 1. The molecule has 0 spiro atoms. The zero-order valence-electron chi connectivity index (χ0n) is 10.3. The smallest absolute Gasteiger partial charge is 0.0718 e. The first-order valence-corrected chi connectivity index (χ1v) is 5.45. The van der Waals surface area contributed by atoms with Crippen molar-refractivity contribution in [2.75, 3.05) is 13.6 Å². The van der Waals surface area contributed by atoms with Crippen molar-refractivity contribution < 1.29 is 5.11 Å². The van der Waals surface area contributed by atoms with Crippen LogP contribution in [0.4, 0.5) is 0 Å². The Morgan fingerprint density at radius 3 is 2.75 bits per heavy atom. The summed E-state index contributed by atoms with van der Waals surface area (Å²) in [6.07, 6.45) is 1.77. The summed E-state index contributed by atoms with van der Waals surface area (Å²) >= 11 is 0. The lowest BCUT2D eigenvalue weighted by Gasteiger charge is -2.25. The van der Waals surface area contributed by atoms with Crippen molar-refractivity contribution in [1.82, 2.24) is 9.88 Å². The SMILES string of the molecule is CN(Cc1ccnc(CN)c1)CC(C)(C)O. The fraction of sp³-hybridized carbons (Fsp3) is 0.583. The second-order valence-corrected chi connectivity index (χ2v) is 4.84. The topological polar surface area (TPSA) is 62.4 Å². The predicted octanol–water partition coefficient (Wildman–Crippen LogP) is 0.743. The first kappa shape index (κ1) is 13.1. The molecule has 0 atom stereocenters. The molecule has 4 nitrogen and oxygen atoms in total. The molecule has 90 valence electrons. The van der Waals surface area contributed by atoms with E-state index in [0.717, 1.165) is 12.2 Å². The molecule has 1 heterocycles. The van der Waals surface area contributed by atoms with Crippen molar-refractivity contribution in [1.29, 1.82) is 0 Å². The molecule has 4 heteroatoms. The van der Waals surface area contributed by atoms with Gasteiger partial charge in [-0.25, -0.2) is 0 Å². The van der Waals surface area contributed by atoms with Crippen molar-refractivity contribution in [3.8, 4) is 0 Å². The molecule has 0 fully saturated rings. The van der Waals surface area contributed by atoms with Crippen LogP contribution in [-0.2, 0) is 13.1 Å². The maximum absolute atomic E-state index is 9.69. The van der Waals surface area contributed by atoms with Gasteiger partial charge < -0.3 is 10.8 Å². The van der Waals surface area contributed by atoms with Crippen molar-refractivity contribution >= 4 is 0 Å². The number of hydrogen-bond acceptors (Lipinski definition) is 4. The van der Waals surface area contributed by atoms with Gasteiger partial charge in [-0.1, -0.05) is 0 Å². The van der Waals surface area contributed by atoms with Crippen LogP contribution in [-0.4, -0.2) is 34.2 Å². The largest absolute Gasteiger partial charge is 0.389 e. The lowest BCUT2D eigenvalue weighted by molar-refractivity contribution is 0.0425. The molecule has 1 rings (SSSR count). The zero-order valence-corrected chi connectivity index (χ0v) is 10.3. The number of nitrogens with zero attached hydrogens (tertiary/aromatic N) is 2. The Morgan fingerprint density at radius 1 is 1.50 bits per heavy atom. The van der Waals surface area contributed by atoms with Gasteiger partial charge in [0.25, 0.3) is 0 Å². The Bertz CT molecular complexity index is 333.